The van der Waals surface area contributed by atoms with Crippen LogP contribution in [0.4, 0.5) is 10.5 Å². The summed E-state index contributed by atoms with van der Waals surface area (Å²) < 4.78 is 0. The first-order chi connectivity index (χ1) is 8.49. The molecule has 1 aromatic rings. The quantitative estimate of drug-likeness (QED) is 0.926. The van der Waals surface area contributed by atoms with Crippen molar-refractivity contribution in [1.82, 2.24) is 4.90 Å². The lowest BCUT2D eigenvalue weighted by molar-refractivity contribution is -0.127. The van der Waals surface area contributed by atoms with Crippen LogP contribution in [-0.4, -0.2) is 27.5 Å². The van der Waals surface area contributed by atoms with Gasteiger partial charge in [-0.05, 0) is 43.8 Å². The molecule has 0 spiro atoms. The van der Waals surface area contributed by atoms with Crippen LogP contribution >= 0.6 is 23.4 Å². The normalized spacial score (nSPS) is 19.8. The van der Waals surface area contributed by atoms with Gasteiger partial charge in [0, 0.05) is 16.8 Å². The van der Waals surface area contributed by atoms with Gasteiger partial charge in [-0.25, -0.2) is 0 Å². The fourth-order valence-electron chi connectivity index (χ4n) is 1.71. The van der Waals surface area contributed by atoms with Gasteiger partial charge in [-0.2, -0.15) is 0 Å². The Bertz CT molecular complexity index is 493. The zero-order chi connectivity index (χ0) is 13.3. The molecule has 1 aliphatic heterocycles. The molecule has 0 aromatic heterocycles. The first kappa shape index (κ1) is 13.2. The second-order valence-corrected chi connectivity index (χ2v) is 5.71. The van der Waals surface area contributed by atoms with Crippen LogP contribution < -0.4 is 5.32 Å². The predicted octanol–water partition coefficient (Wildman–Crippen LogP) is 3.18. The van der Waals surface area contributed by atoms with E-state index in [1.165, 1.54) is 4.90 Å². The van der Waals surface area contributed by atoms with Crippen molar-refractivity contribution in [3.05, 3.63) is 29.3 Å². The molecular weight excluding hydrogens is 272 g/mol. The van der Waals surface area contributed by atoms with Crippen molar-refractivity contribution >= 4 is 40.2 Å². The van der Waals surface area contributed by atoms with Gasteiger partial charge in [0.25, 0.3) is 11.1 Å². The molecule has 6 heteroatoms. The van der Waals surface area contributed by atoms with Crippen molar-refractivity contribution < 1.29 is 9.59 Å². The van der Waals surface area contributed by atoms with Crippen molar-refractivity contribution in [2.24, 2.45) is 0 Å². The van der Waals surface area contributed by atoms with Crippen molar-refractivity contribution in [2.45, 2.75) is 25.3 Å². The Morgan fingerprint density at radius 1 is 1.39 bits per heavy atom. The molecule has 0 radical (unpaired) electrons. The van der Waals surface area contributed by atoms with Gasteiger partial charge in [-0.1, -0.05) is 17.7 Å². The summed E-state index contributed by atoms with van der Waals surface area (Å²) in [5.41, 5.74) is 0.728. The highest BCUT2D eigenvalue weighted by Gasteiger charge is 2.40. The number of carbonyl (C=O) groups excluding carboxylic acids is 2. The lowest BCUT2D eigenvalue weighted by atomic mass is 10.3. The van der Waals surface area contributed by atoms with Gasteiger partial charge in [0.15, 0.2) is 5.37 Å². The number of halogens is 1. The van der Waals surface area contributed by atoms with Crippen LogP contribution in [0.3, 0.4) is 0 Å². The van der Waals surface area contributed by atoms with Crippen LogP contribution in [0.15, 0.2) is 24.3 Å². The molecule has 0 saturated carbocycles. The van der Waals surface area contributed by atoms with Crippen LogP contribution in [0.5, 0.6) is 0 Å². The molecule has 1 heterocycles. The lowest BCUT2D eigenvalue weighted by Gasteiger charge is -2.18. The molecule has 1 N–H and O–H groups in total. The largest absolute Gasteiger partial charge is 0.365 e. The predicted molar refractivity (Wildman–Crippen MR) is 73.8 cm³/mol. The van der Waals surface area contributed by atoms with Crippen molar-refractivity contribution in [2.75, 3.05) is 5.32 Å². The molecule has 18 heavy (non-hydrogen) atoms. The van der Waals surface area contributed by atoms with Crippen molar-refractivity contribution in [3.63, 3.8) is 0 Å². The Hall–Kier alpha value is -1.20. The molecule has 1 atom stereocenters. The molecule has 0 aliphatic carbocycles. The number of hydrogen-bond acceptors (Lipinski definition) is 4. The third-order valence-electron chi connectivity index (χ3n) is 2.52. The topological polar surface area (TPSA) is 49.4 Å². The highest BCUT2D eigenvalue weighted by atomic mass is 35.5. The van der Waals surface area contributed by atoms with Crippen LogP contribution in [0.2, 0.25) is 5.02 Å². The van der Waals surface area contributed by atoms with Gasteiger partial charge >= 0.3 is 0 Å². The van der Waals surface area contributed by atoms with E-state index >= 15 is 0 Å². The summed E-state index contributed by atoms with van der Waals surface area (Å²) in [5.74, 6) is -0.208. The first-order valence-electron chi connectivity index (χ1n) is 5.55. The molecule has 4 nitrogen and oxygen atoms in total. The maximum atomic E-state index is 12.0. The van der Waals surface area contributed by atoms with Crippen molar-refractivity contribution in [3.8, 4) is 0 Å². The van der Waals surface area contributed by atoms with Gasteiger partial charge in [0.1, 0.15) is 0 Å². The molecule has 2 amide bonds. The minimum atomic E-state index is -0.571. The molecule has 96 valence electrons. The number of nitrogens with one attached hydrogen (secondary N) is 1. The minimum Gasteiger partial charge on any atom is -0.365 e. The Morgan fingerprint density at radius 2 is 2.11 bits per heavy atom. The van der Waals surface area contributed by atoms with Crippen molar-refractivity contribution in [1.29, 1.82) is 0 Å². The Morgan fingerprint density at radius 3 is 2.67 bits per heavy atom. The first-order valence-corrected chi connectivity index (χ1v) is 6.80. The second kappa shape index (κ2) is 5.20. The molecule has 2 rings (SSSR count). The fourth-order valence-corrected chi connectivity index (χ4v) is 2.93. The van der Waals surface area contributed by atoms with Gasteiger partial charge in [-0.15, -0.1) is 0 Å². The van der Waals surface area contributed by atoms with E-state index in [0.29, 0.717) is 5.02 Å². The van der Waals surface area contributed by atoms with E-state index in [1.807, 2.05) is 19.9 Å². The monoisotopic (exact) mass is 284 g/mol. The number of amides is 2. The van der Waals surface area contributed by atoms with Gasteiger partial charge in [-0.3, -0.25) is 14.5 Å². The van der Waals surface area contributed by atoms with Gasteiger partial charge in [0.05, 0.1) is 0 Å². The number of thioether (sulfide) groups is 1. The minimum absolute atomic E-state index is 0.122. The third kappa shape index (κ3) is 2.62. The number of nitrogens with zero attached hydrogens (tertiary/aromatic N) is 1. The van der Waals surface area contributed by atoms with E-state index in [4.69, 9.17) is 11.6 Å². The molecule has 1 fully saturated rings. The number of anilines is 1. The van der Waals surface area contributed by atoms with Gasteiger partial charge in [0.2, 0.25) is 0 Å². The van der Waals surface area contributed by atoms with E-state index in [-0.39, 0.29) is 17.2 Å². The van der Waals surface area contributed by atoms with Crippen LogP contribution in [0.25, 0.3) is 0 Å². The van der Waals surface area contributed by atoms with E-state index in [0.717, 1.165) is 17.4 Å². The SMILES string of the molecule is CC(C)N1C(=O)S[C@@H](Nc2cccc(Cl)c2)C1=O. The number of rotatable bonds is 3. The average Bonchev–Trinajstić information content (AvgIpc) is 2.54. The lowest BCUT2D eigenvalue weighted by Crippen LogP contribution is -2.38. The second-order valence-electron chi connectivity index (χ2n) is 4.22. The van der Waals surface area contributed by atoms with E-state index in [9.17, 15) is 9.59 Å². The van der Waals surface area contributed by atoms with E-state index < -0.39 is 5.37 Å². The standard InChI is InChI=1S/C12H13ClN2O2S/c1-7(2)15-11(16)10(18-12(15)17)14-9-5-3-4-8(13)6-9/h3-7,10,14H,1-2H3/t10-/m1/s1. The summed E-state index contributed by atoms with van der Waals surface area (Å²) in [7, 11) is 0. The summed E-state index contributed by atoms with van der Waals surface area (Å²) in [6.07, 6.45) is 0. The third-order valence-corrected chi connectivity index (χ3v) is 3.70. The maximum absolute atomic E-state index is 12.0. The number of hydrogen-bond donors (Lipinski definition) is 1. The maximum Gasteiger partial charge on any atom is 0.291 e. The molecular formula is C12H13ClN2O2S. The number of carbonyl (C=O) groups is 2. The average molecular weight is 285 g/mol. The molecule has 1 aliphatic rings. The highest BCUT2D eigenvalue weighted by Crippen LogP contribution is 2.30. The summed E-state index contributed by atoms with van der Waals surface area (Å²) >= 11 is 6.86. The van der Waals surface area contributed by atoms with Crippen LogP contribution in [-0.2, 0) is 4.79 Å². The Balaban J connectivity index is 2.12. The Labute approximate surface area is 115 Å². The smallest absolute Gasteiger partial charge is 0.291 e. The molecule has 0 bridgehead atoms. The van der Waals surface area contributed by atoms with Crippen LogP contribution in [0.1, 0.15) is 13.8 Å². The summed E-state index contributed by atoms with van der Waals surface area (Å²) in [6, 6.07) is 6.95. The summed E-state index contributed by atoms with van der Waals surface area (Å²) in [5, 5.41) is 2.81. The van der Waals surface area contributed by atoms with E-state index in [2.05, 4.69) is 5.32 Å². The molecule has 0 unspecified atom stereocenters. The highest BCUT2D eigenvalue weighted by molar-refractivity contribution is 8.15. The van der Waals surface area contributed by atoms with Crippen LogP contribution in [0, 0.1) is 0 Å². The Kier molecular flexibility index (Phi) is 3.82. The summed E-state index contributed by atoms with van der Waals surface area (Å²) in [6.45, 7) is 3.64. The zero-order valence-electron chi connectivity index (χ0n) is 10.0. The molecule has 1 saturated heterocycles. The fraction of sp³-hybridized carbons (Fsp3) is 0.333. The number of imide groups is 1. The van der Waals surface area contributed by atoms with E-state index in [1.54, 1.807) is 18.2 Å². The number of benzene rings is 1. The van der Waals surface area contributed by atoms with Gasteiger partial charge < -0.3 is 5.32 Å². The summed E-state index contributed by atoms with van der Waals surface area (Å²) in [4.78, 5) is 25.0. The molecule has 1 aromatic carbocycles. The zero-order valence-corrected chi connectivity index (χ0v) is 11.6.